The molecule has 1 fully saturated rings. The lowest BCUT2D eigenvalue weighted by atomic mass is 10.2. The number of benzene rings is 1. The van der Waals surface area contributed by atoms with Crippen molar-refractivity contribution in [2.75, 3.05) is 44.7 Å². The van der Waals surface area contributed by atoms with E-state index in [9.17, 15) is 0 Å². The van der Waals surface area contributed by atoms with Crippen molar-refractivity contribution in [3.05, 3.63) is 76.2 Å². The number of methoxy groups -OCH3 is 1. The van der Waals surface area contributed by atoms with Crippen LogP contribution in [0.2, 0.25) is 10.2 Å². The van der Waals surface area contributed by atoms with Crippen molar-refractivity contribution >= 4 is 41.1 Å². The fourth-order valence-corrected chi connectivity index (χ4v) is 4.74. The lowest BCUT2D eigenvalue weighted by Crippen LogP contribution is -2.47. The molecule has 6 nitrogen and oxygen atoms in total. The van der Waals surface area contributed by atoms with Gasteiger partial charge in [-0.2, -0.15) is 0 Å². The quantitative estimate of drug-likeness (QED) is 0.434. The summed E-state index contributed by atoms with van der Waals surface area (Å²) in [5.74, 6) is 1.51. The number of rotatable bonds is 7. The Balaban J connectivity index is 1.27. The topological polar surface area (TPSA) is 53.5 Å². The third-order valence-electron chi connectivity index (χ3n) is 5.27. The van der Waals surface area contributed by atoms with Crippen LogP contribution in [0.25, 0.3) is 0 Å². The van der Waals surface area contributed by atoms with Gasteiger partial charge in [0.05, 0.1) is 12.0 Å². The first-order valence-corrected chi connectivity index (χ1v) is 12.0. The van der Waals surface area contributed by atoms with E-state index in [0.29, 0.717) is 16.1 Å². The molecule has 2 aromatic rings. The summed E-state index contributed by atoms with van der Waals surface area (Å²) >= 11 is 13.6. The van der Waals surface area contributed by atoms with Crippen LogP contribution in [0.5, 0.6) is 5.75 Å². The molecule has 1 aromatic heterocycles. The van der Waals surface area contributed by atoms with E-state index < -0.39 is 0 Å². The van der Waals surface area contributed by atoms with Crippen LogP contribution in [0, 0.1) is 0 Å². The number of aromatic nitrogens is 2. The van der Waals surface area contributed by atoms with Gasteiger partial charge in [-0.15, -0.1) is 0 Å². The highest BCUT2D eigenvalue weighted by molar-refractivity contribution is 7.97. The van der Waals surface area contributed by atoms with Crippen LogP contribution in [0.15, 0.2) is 70.9 Å². The smallest absolute Gasteiger partial charge is 0.226 e. The fraction of sp³-hybridized carbons (Fsp3) is 0.304. The van der Waals surface area contributed by atoms with Crippen molar-refractivity contribution in [1.82, 2.24) is 19.6 Å². The van der Waals surface area contributed by atoms with E-state index in [4.69, 9.17) is 27.9 Å². The monoisotopic (exact) mass is 489 g/mol. The van der Waals surface area contributed by atoms with Gasteiger partial charge in [-0.3, -0.25) is 4.90 Å². The van der Waals surface area contributed by atoms with E-state index in [-0.39, 0.29) is 0 Å². The van der Waals surface area contributed by atoms with E-state index in [1.807, 2.05) is 18.2 Å². The Kier molecular flexibility index (Phi) is 7.97. The van der Waals surface area contributed by atoms with Crippen LogP contribution in [0.4, 0.5) is 5.95 Å². The third kappa shape index (κ3) is 6.19. The van der Waals surface area contributed by atoms with Crippen molar-refractivity contribution in [3.8, 4) is 5.75 Å². The molecule has 32 heavy (non-hydrogen) atoms. The lowest BCUT2D eigenvalue weighted by molar-refractivity contribution is 0.278. The standard InChI is InChI=1S/C23H25Cl2N5OS/c1-31-20-8-6-18(24)15-21(20)32-28-19-4-2-3-17(5-7-19)16-29-11-13-30(14-12-29)23-26-10-9-22(25)27-23/h3-10,15,28H,2,11-14,16H2,1H3. The maximum atomic E-state index is 6.13. The maximum absolute atomic E-state index is 6.13. The summed E-state index contributed by atoms with van der Waals surface area (Å²) in [5.41, 5.74) is 2.38. The van der Waals surface area contributed by atoms with Gasteiger partial charge in [-0.1, -0.05) is 41.4 Å². The number of ether oxygens (including phenoxy) is 1. The minimum Gasteiger partial charge on any atom is -0.496 e. The Hall–Kier alpha value is -2.19. The first kappa shape index (κ1) is 23.0. The zero-order valence-electron chi connectivity index (χ0n) is 17.8. The summed E-state index contributed by atoms with van der Waals surface area (Å²) in [4.78, 5) is 14.3. The average Bonchev–Trinajstić information content (AvgIpc) is 3.03. The second-order valence-corrected chi connectivity index (χ2v) is 9.12. The number of hydrogen-bond acceptors (Lipinski definition) is 7. The number of halogens is 2. The van der Waals surface area contributed by atoms with Crippen molar-refractivity contribution < 1.29 is 4.74 Å². The molecule has 2 aliphatic rings. The van der Waals surface area contributed by atoms with Gasteiger partial charge in [-0.25, -0.2) is 9.97 Å². The molecule has 0 bridgehead atoms. The number of allylic oxidation sites excluding steroid dienone is 3. The molecule has 1 saturated heterocycles. The van der Waals surface area contributed by atoms with Crippen LogP contribution in [-0.4, -0.2) is 54.7 Å². The first-order valence-electron chi connectivity index (χ1n) is 10.4. The summed E-state index contributed by atoms with van der Waals surface area (Å²) < 4.78 is 8.82. The Morgan fingerprint density at radius 3 is 2.72 bits per heavy atom. The second kappa shape index (κ2) is 11.1. The molecule has 0 saturated carbocycles. The molecule has 168 valence electrons. The van der Waals surface area contributed by atoms with Gasteiger partial charge in [-0.05, 0) is 54.3 Å². The number of piperazine rings is 1. The summed E-state index contributed by atoms with van der Waals surface area (Å²) in [6, 6.07) is 7.30. The molecule has 1 aliphatic carbocycles. The molecular formula is C23H25Cl2N5OS. The van der Waals surface area contributed by atoms with Crippen molar-refractivity contribution in [2.24, 2.45) is 0 Å². The summed E-state index contributed by atoms with van der Waals surface area (Å²) in [7, 11) is 1.66. The van der Waals surface area contributed by atoms with E-state index >= 15 is 0 Å². The normalized spacial score (nSPS) is 16.9. The molecule has 0 spiro atoms. The van der Waals surface area contributed by atoms with E-state index in [1.54, 1.807) is 19.4 Å². The van der Waals surface area contributed by atoms with Crippen molar-refractivity contribution in [3.63, 3.8) is 0 Å². The maximum Gasteiger partial charge on any atom is 0.226 e. The number of anilines is 1. The minimum atomic E-state index is 0.482. The molecule has 1 aromatic carbocycles. The van der Waals surface area contributed by atoms with Gasteiger partial charge in [0.15, 0.2) is 0 Å². The highest BCUT2D eigenvalue weighted by Gasteiger charge is 2.19. The molecule has 0 radical (unpaired) electrons. The molecule has 9 heteroatoms. The van der Waals surface area contributed by atoms with Gasteiger partial charge in [0, 0.05) is 49.6 Å². The Morgan fingerprint density at radius 1 is 1.09 bits per heavy atom. The highest BCUT2D eigenvalue weighted by Crippen LogP contribution is 2.31. The molecule has 0 unspecified atom stereocenters. The number of nitrogens with one attached hydrogen (secondary N) is 1. The van der Waals surface area contributed by atoms with Crippen molar-refractivity contribution in [2.45, 2.75) is 11.3 Å². The van der Waals surface area contributed by atoms with Gasteiger partial charge < -0.3 is 14.4 Å². The molecule has 2 heterocycles. The SMILES string of the molecule is COc1ccc(Cl)cc1SNC1=CCC=C(CN2CCN(c3nccc(Cl)n3)CC2)C=C1. The summed E-state index contributed by atoms with van der Waals surface area (Å²) in [5, 5.41) is 1.17. The van der Waals surface area contributed by atoms with Crippen LogP contribution in [0.1, 0.15) is 6.42 Å². The summed E-state index contributed by atoms with van der Waals surface area (Å²) in [6.45, 7) is 4.63. The zero-order chi connectivity index (χ0) is 22.3. The zero-order valence-corrected chi connectivity index (χ0v) is 20.1. The van der Waals surface area contributed by atoms with Gasteiger partial charge in [0.25, 0.3) is 0 Å². The second-order valence-electron chi connectivity index (χ2n) is 7.45. The molecule has 0 atom stereocenters. The average molecular weight is 490 g/mol. The number of hydrogen-bond donors (Lipinski definition) is 1. The first-order chi connectivity index (χ1) is 15.6. The molecule has 1 aliphatic heterocycles. The Morgan fingerprint density at radius 2 is 1.94 bits per heavy atom. The van der Waals surface area contributed by atoms with Gasteiger partial charge in [0.1, 0.15) is 10.9 Å². The van der Waals surface area contributed by atoms with Crippen LogP contribution < -0.4 is 14.4 Å². The van der Waals surface area contributed by atoms with Crippen LogP contribution in [0.3, 0.4) is 0 Å². The van der Waals surface area contributed by atoms with Gasteiger partial charge >= 0.3 is 0 Å². The predicted molar refractivity (Wildman–Crippen MR) is 133 cm³/mol. The predicted octanol–water partition coefficient (Wildman–Crippen LogP) is 4.98. The van der Waals surface area contributed by atoms with Gasteiger partial charge in [0.2, 0.25) is 5.95 Å². The molecule has 4 rings (SSSR count). The fourth-order valence-electron chi connectivity index (χ4n) is 3.55. The molecule has 0 amide bonds. The van der Waals surface area contributed by atoms with E-state index in [0.717, 1.165) is 55.5 Å². The molecular weight excluding hydrogens is 465 g/mol. The lowest BCUT2D eigenvalue weighted by Gasteiger charge is -2.34. The Bertz CT molecular complexity index is 1030. The van der Waals surface area contributed by atoms with E-state index in [2.05, 4.69) is 48.8 Å². The van der Waals surface area contributed by atoms with Crippen LogP contribution in [-0.2, 0) is 0 Å². The summed E-state index contributed by atoms with van der Waals surface area (Å²) in [6.07, 6.45) is 11.4. The third-order valence-corrected chi connectivity index (χ3v) is 6.59. The van der Waals surface area contributed by atoms with Crippen LogP contribution >= 0.6 is 35.1 Å². The number of nitrogens with zero attached hydrogens (tertiary/aromatic N) is 4. The largest absolute Gasteiger partial charge is 0.496 e. The highest BCUT2D eigenvalue weighted by atomic mass is 35.5. The van der Waals surface area contributed by atoms with E-state index in [1.165, 1.54) is 17.5 Å². The van der Waals surface area contributed by atoms with Crippen molar-refractivity contribution in [1.29, 1.82) is 0 Å². The Labute approximate surface area is 203 Å². The molecule has 1 N–H and O–H groups in total. The minimum absolute atomic E-state index is 0.482.